The van der Waals surface area contributed by atoms with Crippen LogP contribution >= 0.6 is 11.6 Å². The van der Waals surface area contributed by atoms with Crippen LogP contribution in [0.15, 0.2) is 6.07 Å². The number of nitrogens with two attached hydrogens (primary N) is 1. The largest absolute Gasteiger partial charge is 0.307 e. The minimum atomic E-state index is -0.0543. The Balaban J connectivity index is 3.24. The van der Waals surface area contributed by atoms with Gasteiger partial charge in [-0.25, -0.2) is 5.84 Å². The van der Waals surface area contributed by atoms with Gasteiger partial charge in [0.2, 0.25) is 0 Å². The quantitative estimate of drug-likeness (QED) is 0.535. The third kappa shape index (κ3) is 2.29. The van der Waals surface area contributed by atoms with Crippen LogP contribution in [-0.4, -0.2) is 10.2 Å². The first-order valence-corrected chi connectivity index (χ1v) is 4.33. The minimum absolute atomic E-state index is 0.0543. The molecule has 5 heteroatoms. The first kappa shape index (κ1) is 10.2. The third-order valence-corrected chi connectivity index (χ3v) is 1.89. The number of halogens is 1. The normalized spacial score (nSPS) is 11.5. The molecule has 0 atom stereocenters. The lowest BCUT2D eigenvalue weighted by atomic mass is 9.88. The van der Waals surface area contributed by atoms with Gasteiger partial charge in [0.1, 0.15) is 0 Å². The second-order valence-corrected chi connectivity index (χ2v) is 4.21. The first-order valence-electron chi connectivity index (χ1n) is 3.95. The highest BCUT2D eigenvalue weighted by Gasteiger charge is 2.19. The van der Waals surface area contributed by atoms with Gasteiger partial charge in [0.25, 0.3) is 0 Å². The molecule has 1 heterocycles. The lowest BCUT2D eigenvalue weighted by Gasteiger charge is -2.20. The Hall–Kier alpha value is -0.870. The van der Waals surface area contributed by atoms with E-state index in [1.54, 1.807) is 6.07 Å². The Morgan fingerprint density at radius 1 is 1.38 bits per heavy atom. The summed E-state index contributed by atoms with van der Waals surface area (Å²) < 4.78 is 0. The number of anilines is 1. The number of nitrogen functional groups attached to an aromatic ring is 1. The second kappa shape index (κ2) is 3.47. The average Bonchev–Trinajstić information content (AvgIpc) is 2.03. The molecule has 0 fully saturated rings. The van der Waals surface area contributed by atoms with Crippen LogP contribution in [0, 0.1) is 0 Å². The third-order valence-electron chi connectivity index (χ3n) is 1.71. The topological polar surface area (TPSA) is 63.8 Å². The van der Waals surface area contributed by atoms with E-state index >= 15 is 0 Å². The Labute approximate surface area is 82.5 Å². The van der Waals surface area contributed by atoms with Crippen LogP contribution in [0.2, 0.25) is 5.15 Å². The highest BCUT2D eigenvalue weighted by Crippen LogP contribution is 2.28. The maximum atomic E-state index is 5.74. The Morgan fingerprint density at radius 2 is 2.00 bits per heavy atom. The predicted octanol–water partition coefficient (Wildman–Crippen LogP) is 1.71. The summed E-state index contributed by atoms with van der Waals surface area (Å²) in [4.78, 5) is 0. The van der Waals surface area contributed by atoms with E-state index in [-0.39, 0.29) is 5.41 Å². The number of rotatable bonds is 1. The molecule has 3 N–H and O–H groups in total. The molecular formula is C8H13ClN4. The number of hydrazine groups is 1. The minimum Gasteiger partial charge on any atom is -0.307 e. The van der Waals surface area contributed by atoms with Gasteiger partial charge >= 0.3 is 0 Å². The van der Waals surface area contributed by atoms with Crippen molar-refractivity contribution in [3.63, 3.8) is 0 Å². The maximum absolute atomic E-state index is 5.74. The van der Waals surface area contributed by atoms with Gasteiger partial charge in [0.15, 0.2) is 11.0 Å². The highest BCUT2D eigenvalue weighted by atomic mass is 35.5. The molecule has 0 spiro atoms. The summed E-state index contributed by atoms with van der Waals surface area (Å²) in [7, 11) is 0. The molecule has 0 aliphatic heterocycles. The molecular weight excluding hydrogens is 188 g/mol. The summed E-state index contributed by atoms with van der Waals surface area (Å²) in [5, 5.41) is 7.92. The molecule has 0 aliphatic carbocycles. The number of nitrogens with zero attached hydrogens (tertiary/aromatic N) is 2. The second-order valence-electron chi connectivity index (χ2n) is 3.82. The highest BCUT2D eigenvalue weighted by molar-refractivity contribution is 6.29. The van der Waals surface area contributed by atoms with Crippen molar-refractivity contribution in [1.82, 2.24) is 10.2 Å². The number of nitrogens with one attached hydrogen (secondary N) is 1. The van der Waals surface area contributed by atoms with Crippen molar-refractivity contribution < 1.29 is 0 Å². The van der Waals surface area contributed by atoms with E-state index in [4.69, 9.17) is 17.4 Å². The Kier molecular flexibility index (Phi) is 2.73. The molecule has 0 amide bonds. The zero-order valence-electron chi connectivity index (χ0n) is 7.93. The van der Waals surface area contributed by atoms with Crippen LogP contribution in [0.25, 0.3) is 0 Å². The predicted molar refractivity (Wildman–Crippen MR) is 53.6 cm³/mol. The van der Waals surface area contributed by atoms with Crippen LogP contribution in [0.3, 0.4) is 0 Å². The summed E-state index contributed by atoms with van der Waals surface area (Å²) in [6.45, 7) is 6.17. The van der Waals surface area contributed by atoms with Gasteiger partial charge in [-0.3, -0.25) is 0 Å². The van der Waals surface area contributed by atoms with Crippen LogP contribution in [0.1, 0.15) is 26.3 Å². The summed E-state index contributed by atoms with van der Waals surface area (Å²) >= 11 is 5.74. The van der Waals surface area contributed by atoms with E-state index < -0.39 is 0 Å². The molecule has 0 saturated heterocycles. The molecule has 13 heavy (non-hydrogen) atoms. The summed E-state index contributed by atoms with van der Waals surface area (Å²) in [5.74, 6) is 5.87. The van der Waals surface area contributed by atoms with E-state index in [0.717, 1.165) is 5.56 Å². The fourth-order valence-electron chi connectivity index (χ4n) is 1.05. The number of hydrogen-bond acceptors (Lipinski definition) is 4. The lowest BCUT2D eigenvalue weighted by molar-refractivity contribution is 0.587. The van der Waals surface area contributed by atoms with Crippen molar-refractivity contribution in [3.05, 3.63) is 16.8 Å². The number of aromatic nitrogens is 2. The summed E-state index contributed by atoms with van der Waals surface area (Å²) in [6, 6.07) is 1.77. The molecule has 0 unspecified atom stereocenters. The van der Waals surface area contributed by atoms with Crippen LogP contribution in [0.4, 0.5) is 5.82 Å². The fourth-order valence-corrected chi connectivity index (χ4v) is 1.19. The number of hydrogen-bond donors (Lipinski definition) is 2. The van der Waals surface area contributed by atoms with E-state index in [2.05, 4.69) is 36.4 Å². The monoisotopic (exact) mass is 200 g/mol. The van der Waals surface area contributed by atoms with Crippen molar-refractivity contribution in [2.24, 2.45) is 5.84 Å². The zero-order chi connectivity index (χ0) is 10.1. The fraction of sp³-hybridized carbons (Fsp3) is 0.500. The maximum Gasteiger partial charge on any atom is 0.166 e. The van der Waals surface area contributed by atoms with Crippen LogP contribution in [0.5, 0.6) is 0 Å². The average molecular weight is 201 g/mol. The van der Waals surface area contributed by atoms with Gasteiger partial charge in [-0.1, -0.05) is 32.4 Å². The summed E-state index contributed by atoms with van der Waals surface area (Å²) in [5.41, 5.74) is 3.40. The molecule has 0 aliphatic rings. The van der Waals surface area contributed by atoms with Gasteiger partial charge in [0, 0.05) is 5.56 Å². The molecule has 0 saturated carbocycles. The molecule has 0 bridgehead atoms. The molecule has 4 nitrogen and oxygen atoms in total. The molecule has 0 radical (unpaired) electrons. The summed E-state index contributed by atoms with van der Waals surface area (Å²) in [6.07, 6.45) is 0. The van der Waals surface area contributed by atoms with E-state index in [0.29, 0.717) is 11.0 Å². The molecule has 1 aromatic rings. The van der Waals surface area contributed by atoms with Crippen molar-refractivity contribution in [2.75, 3.05) is 5.43 Å². The van der Waals surface area contributed by atoms with E-state index in [9.17, 15) is 0 Å². The first-order chi connectivity index (χ1) is 5.95. The molecule has 1 rings (SSSR count). The van der Waals surface area contributed by atoms with E-state index in [1.165, 1.54) is 0 Å². The Bertz CT molecular complexity index is 306. The van der Waals surface area contributed by atoms with Crippen molar-refractivity contribution in [3.8, 4) is 0 Å². The van der Waals surface area contributed by atoms with Crippen molar-refractivity contribution >= 4 is 17.4 Å². The SMILES string of the molecule is CC(C)(C)c1cc(Cl)nnc1NN. The molecule has 1 aromatic heterocycles. The van der Waals surface area contributed by atoms with E-state index in [1.807, 2.05) is 0 Å². The standard InChI is InChI=1S/C8H13ClN4/c1-8(2,3)5-4-6(9)12-13-7(5)11-10/h4H,10H2,1-3H3,(H,11,13). The van der Waals surface area contributed by atoms with Crippen molar-refractivity contribution in [1.29, 1.82) is 0 Å². The van der Waals surface area contributed by atoms with Gasteiger partial charge in [-0.15, -0.1) is 10.2 Å². The molecule has 72 valence electrons. The van der Waals surface area contributed by atoms with Crippen LogP contribution < -0.4 is 11.3 Å². The lowest BCUT2D eigenvalue weighted by Crippen LogP contribution is -2.19. The van der Waals surface area contributed by atoms with Gasteiger partial charge in [-0.05, 0) is 11.5 Å². The van der Waals surface area contributed by atoms with Gasteiger partial charge in [-0.2, -0.15) is 0 Å². The smallest absolute Gasteiger partial charge is 0.166 e. The van der Waals surface area contributed by atoms with Gasteiger partial charge in [0.05, 0.1) is 0 Å². The Morgan fingerprint density at radius 3 is 2.46 bits per heavy atom. The zero-order valence-corrected chi connectivity index (χ0v) is 8.68. The molecule has 0 aromatic carbocycles. The van der Waals surface area contributed by atoms with Gasteiger partial charge < -0.3 is 5.43 Å². The van der Waals surface area contributed by atoms with Crippen LogP contribution in [-0.2, 0) is 5.41 Å². The van der Waals surface area contributed by atoms with Crippen molar-refractivity contribution in [2.45, 2.75) is 26.2 Å².